The summed E-state index contributed by atoms with van der Waals surface area (Å²) in [5.41, 5.74) is 2.74. The first-order valence-electron chi connectivity index (χ1n) is 5.91. The van der Waals surface area contributed by atoms with Gasteiger partial charge in [-0.15, -0.1) is 0 Å². The van der Waals surface area contributed by atoms with Crippen molar-refractivity contribution in [1.29, 1.82) is 0 Å². The van der Waals surface area contributed by atoms with Gasteiger partial charge in [0.05, 0.1) is 23.6 Å². The molecular formula is C12H15N5. The summed E-state index contributed by atoms with van der Waals surface area (Å²) in [6, 6.07) is 0.362. The van der Waals surface area contributed by atoms with E-state index in [1.54, 1.807) is 12.4 Å². The van der Waals surface area contributed by atoms with E-state index in [4.69, 9.17) is 0 Å². The predicted octanol–water partition coefficient (Wildman–Crippen LogP) is 1.60. The first-order chi connectivity index (χ1) is 8.34. The Morgan fingerprint density at radius 2 is 2.12 bits per heavy atom. The highest BCUT2D eigenvalue weighted by molar-refractivity contribution is 5.55. The lowest BCUT2D eigenvalue weighted by Gasteiger charge is -2.05. The normalized spacial score (nSPS) is 19.7. The Hall–Kier alpha value is -1.75. The molecule has 3 heterocycles. The lowest BCUT2D eigenvalue weighted by Crippen LogP contribution is -2.14. The quantitative estimate of drug-likeness (QED) is 0.820. The van der Waals surface area contributed by atoms with E-state index in [9.17, 15) is 0 Å². The van der Waals surface area contributed by atoms with E-state index in [1.165, 1.54) is 6.42 Å². The van der Waals surface area contributed by atoms with Crippen LogP contribution in [-0.2, 0) is 0 Å². The van der Waals surface area contributed by atoms with Crippen LogP contribution in [0.15, 0.2) is 18.6 Å². The van der Waals surface area contributed by atoms with Crippen molar-refractivity contribution in [2.75, 3.05) is 6.54 Å². The number of nitrogens with one attached hydrogen (secondary N) is 2. The number of rotatable bonds is 2. The molecule has 1 saturated heterocycles. The average molecular weight is 229 g/mol. The van der Waals surface area contributed by atoms with Crippen molar-refractivity contribution in [2.24, 2.45) is 0 Å². The van der Waals surface area contributed by atoms with Crippen molar-refractivity contribution in [3.63, 3.8) is 0 Å². The lowest BCUT2D eigenvalue weighted by molar-refractivity contribution is 0.613. The van der Waals surface area contributed by atoms with Crippen molar-refractivity contribution >= 4 is 0 Å². The Morgan fingerprint density at radius 1 is 1.24 bits per heavy atom. The molecule has 17 heavy (non-hydrogen) atoms. The number of H-pyrrole nitrogens is 1. The van der Waals surface area contributed by atoms with E-state index in [-0.39, 0.29) is 0 Å². The van der Waals surface area contributed by atoms with Crippen LogP contribution in [0, 0.1) is 6.92 Å². The maximum absolute atomic E-state index is 4.43. The fourth-order valence-electron chi connectivity index (χ4n) is 2.22. The summed E-state index contributed by atoms with van der Waals surface area (Å²) >= 11 is 0. The molecule has 1 atom stereocenters. The van der Waals surface area contributed by atoms with Gasteiger partial charge in [0.25, 0.3) is 0 Å². The van der Waals surface area contributed by atoms with E-state index in [1.807, 2.05) is 13.1 Å². The van der Waals surface area contributed by atoms with Crippen molar-refractivity contribution < 1.29 is 0 Å². The molecule has 0 spiro atoms. The number of aromatic nitrogens is 4. The summed E-state index contributed by atoms with van der Waals surface area (Å²) in [4.78, 5) is 16.3. The topological polar surface area (TPSA) is 66.5 Å². The fraction of sp³-hybridized carbons (Fsp3) is 0.417. The third kappa shape index (κ3) is 1.93. The molecule has 2 aromatic heterocycles. The zero-order chi connectivity index (χ0) is 11.7. The lowest BCUT2D eigenvalue weighted by atomic mass is 10.2. The third-order valence-electron chi connectivity index (χ3n) is 3.12. The number of imidazole rings is 1. The van der Waals surface area contributed by atoms with E-state index < -0.39 is 0 Å². The van der Waals surface area contributed by atoms with E-state index >= 15 is 0 Å². The number of nitrogens with zero attached hydrogens (tertiary/aromatic N) is 3. The van der Waals surface area contributed by atoms with Gasteiger partial charge >= 0.3 is 0 Å². The van der Waals surface area contributed by atoms with Crippen molar-refractivity contribution in [3.8, 4) is 11.4 Å². The standard InChI is InChI=1S/C12H15N5/c1-8-11(15-6-5-13-8)10-7-16-12(17-10)9-3-2-4-14-9/h5-7,9,14H,2-4H2,1H3,(H,16,17). The van der Waals surface area contributed by atoms with Crippen LogP contribution in [-0.4, -0.2) is 26.5 Å². The summed E-state index contributed by atoms with van der Waals surface area (Å²) in [6.07, 6.45) is 7.61. The van der Waals surface area contributed by atoms with Crippen LogP contribution < -0.4 is 5.32 Å². The molecule has 1 unspecified atom stereocenters. The Balaban J connectivity index is 1.92. The van der Waals surface area contributed by atoms with Gasteiger partial charge in [-0.3, -0.25) is 9.97 Å². The minimum Gasteiger partial charge on any atom is -0.339 e. The minimum atomic E-state index is 0.362. The van der Waals surface area contributed by atoms with E-state index in [0.717, 1.165) is 35.9 Å². The fourth-order valence-corrected chi connectivity index (χ4v) is 2.22. The number of hydrogen-bond donors (Lipinski definition) is 2. The monoisotopic (exact) mass is 229 g/mol. The highest BCUT2D eigenvalue weighted by atomic mass is 15.0. The minimum absolute atomic E-state index is 0.362. The van der Waals surface area contributed by atoms with Crippen molar-refractivity contribution in [1.82, 2.24) is 25.3 Å². The van der Waals surface area contributed by atoms with Gasteiger partial charge in [0.15, 0.2) is 0 Å². The molecule has 0 amide bonds. The molecular weight excluding hydrogens is 214 g/mol. The molecule has 0 aliphatic carbocycles. The smallest absolute Gasteiger partial charge is 0.123 e. The first kappa shape index (κ1) is 10.4. The van der Waals surface area contributed by atoms with Crippen LogP contribution in [0.3, 0.4) is 0 Å². The zero-order valence-electron chi connectivity index (χ0n) is 9.77. The van der Waals surface area contributed by atoms with Crippen molar-refractivity contribution in [3.05, 3.63) is 30.1 Å². The van der Waals surface area contributed by atoms with Gasteiger partial charge in [0, 0.05) is 12.4 Å². The second-order valence-electron chi connectivity index (χ2n) is 4.32. The van der Waals surface area contributed by atoms with Gasteiger partial charge in [-0.05, 0) is 26.3 Å². The van der Waals surface area contributed by atoms with Crippen LogP contribution in [0.4, 0.5) is 0 Å². The van der Waals surface area contributed by atoms with Crippen LogP contribution in [0.1, 0.15) is 30.4 Å². The second kappa shape index (κ2) is 4.25. The van der Waals surface area contributed by atoms with E-state index in [2.05, 4.69) is 25.3 Å². The van der Waals surface area contributed by atoms with Crippen LogP contribution >= 0.6 is 0 Å². The molecule has 0 aromatic carbocycles. The van der Waals surface area contributed by atoms with Crippen LogP contribution in [0.2, 0.25) is 0 Å². The molecule has 3 rings (SSSR count). The maximum Gasteiger partial charge on any atom is 0.123 e. The second-order valence-corrected chi connectivity index (χ2v) is 4.32. The summed E-state index contributed by atoms with van der Waals surface area (Å²) in [7, 11) is 0. The van der Waals surface area contributed by atoms with Crippen LogP contribution in [0.5, 0.6) is 0 Å². The molecule has 1 fully saturated rings. The number of hydrogen-bond acceptors (Lipinski definition) is 4. The van der Waals surface area contributed by atoms with Gasteiger partial charge in [-0.1, -0.05) is 0 Å². The number of aryl methyl sites for hydroxylation is 1. The molecule has 0 bridgehead atoms. The third-order valence-corrected chi connectivity index (χ3v) is 3.12. The Morgan fingerprint density at radius 3 is 2.88 bits per heavy atom. The molecule has 0 saturated carbocycles. The Kier molecular flexibility index (Phi) is 2.60. The zero-order valence-corrected chi connectivity index (χ0v) is 9.77. The molecule has 2 aromatic rings. The molecule has 1 aliphatic heterocycles. The summed E-state index contributed by atoms with van der Waals surface area (Å²) < 4.78 is 0. The van der Waals surface area contributed by atoms with Gasteiger partial charge in [0.2, 0.25) is 0 Å². The molecule has 88 valence electrons. The summed E-state index contributed by atoms with van der Waals surface area (Å²) in [6.45, 7) is 3.03. The molecule has 5 nitrogen and oxygen atoms in total. The molecule has 5 heteroatoms. The summed E-state index contributed by atoms with van der Waals surface area (Å²) in [5, 5.41) is 3.42. The van der Waals surface area contributed by atoms with Gasteiger partial charge < -0.3 is 10.3 Å². The SMILES string of the molecule is Cc1nccnc1-c1cnc(C2CCCN2)[nH]1. The average Bonchev–Trinajstić information content (AvgIpc) is 3.00. The maximum atomic E-state index is 4.43. The molecule has 1 aliphatic rings. The molecule has 0 radical (unpaired) electrons. The molecule has 2 N–H and O–H groups in total. The van der Waals surface area contributed by atoms with Crippen molar-refractivity contribution in [2.45, 2.75) is 25.8 Å². The van der Waals surface area contributed by atoms with Gasteiger partial charge in [0.1, 0.15) is 11.5 Å². The Bertz CT molecular complexity index is 513. The van der Waals surface area contributed by atoms with Gasteiger partial charge in [-0.2, -0.15) is 0 Å². The highest BCUT2D eigenvalue weighted by Gasteiger charge is 2.19. The predicted molar refractivity (Wildman–Crippen MR) is 64.3 cm³/mol. The highest BCUT2D eigenvalue weighted by Crippen LogP contribution is 2.23. The summed E-state index contributed by atoms with van der Waals surface area (Å²) in [5.74, 6) is 1.00. The van der Waals surface area contributed by atoms with Crippen LogP contribution in [0.25, 0.3) is 11.4 Å². The largest absolute Gasteiger partial charge is 0.339 e. The Labute approximate surface area is 99.7 Å². The van der Waals surface area contributed by atoms with Gasteiger partial charge in [-0.25, -0.2) is 4.98 Å². The number of aromatic amines is 1. The van der Waals surface area contributed by atoms with E-state index in [0.29, 0.717) is 6.04 Å². The first-order valence-corrected chi connectivity index (χ1v) is 5.91.